The molecule has 0 aromatic heterocycles. The molecule has 2 aliphatic rings. The molecule has 0 aromatic carbocycles. The van der Waals surface area contributed by atoms with Gasteiger partial charge in [-0.1, -0.05) is 13.8 Å². The molecular weight excluding hydrogens is 188 g/mol. The summed E-state index contributed by atoms with van der Waals surface area (Å²) < 4.78 is 5.94. The zero-order valence-corrected chi connectivity index (χ0v) is 9.83. The third-order valence-electron chi connectivity index (χ3n) is 3.67. The summed E-state index contributed by atoms with van der Waals surface area (Å²) in [6.45, 7) is 7.95. The summed E-state index contributed by atoms with van der Waals surface area (Å²) in [6.07, 6.45) is 6.90. The molecule has 2 nitrogen and oxygen atoms in total. The van der Waals surface area contributed by atoms with Crippen molar-refractivity contribution < 1.29 is 9.53 Å². The van der Waals surface area contributed by atoms with Gasteiger partial charge in [-0.15, -0.1) is 0 Å². The number of ketones is 1. The first-order chi connectivity index (χ1) is 6.87. The Balaban J connectivity index is 2.28. The quantitative estimate of drug-likeness (QED) is 0.649. The van der Waals surface area contributed by atoms with Crippen LogP contribution in [0.3, 0.4) is 0 Å². The van der Waals surface area contributed by atoms with Crippen molar-refractivity contribution in [2.45, 2.75) is 39.7 Å². The Morgan fingerprint density at radius 3 is 2.73 bits per heavy atom. The van der Waals surface area contributed by atoms with Crippen LogP contribution in [0.15, 0.2) is 24.0 Å². The summed E-state index contributed by atoms with van der Waals surface area (Å²) in [5, 5.41) is 0. The highest BCUT2D eigenvalue weighted by atomic mass is 16.5. The van der Waals surface area contributed by atoms with Crippen LogP contribution in [-0.4, -0.2) is 11.4 Å². The van der Waals surface area contributed by atoms with E-state index >= 15 is 0 Å². The molecule has 2 heteroatoms. The van der Waals surface area contributed by atoms with Gasteiger partial charge < -0.3 is 4.74 Å². The SMILES string of the molecule is CC(=O)C=CC12OC(C)=CC1CC2(C)C. The number of carbonyl (C=O) groups excluding carboxylic acids is 1. The number of ether oxygens (including phenoxy) is 1. The van der Waals surface area contributed by atoms with Gasteiger partial charge in [0.05, 0.1) is 5.76 Å². The van der Waals surface area contributed by atoms with Crippen LogP contribution in [0.5, 0.6) is 0 Å². The van der Waals surface area contributed by atoms with Gasteiger partial charge in [0.25, 0.3) is 0 Å². The van der Waals surface area contributed by atoms with Crippen LogP contribution < -0.4 is 0 Å². The third kappa shape index (κ3) is 1.35. The molecule has 1 fully saturated rings. The maximum atomic E-state index is 11.0. The molecule has 2 unspecified atom stereocenters. The molecule has 0 N–H and O–H groups in total. The molecule has 1 aliphatic carbocycles. The van der Waals surface area contributed by atoms with Crippen molar-refractivity contribution in [1.29, 1.82) is 0 Å². The topological polar surface area (TPSA) is 26.3 Å². The summed E-state index contributed by atoms with van der Waals surface area (Å²) in [6, 6.07) is 0. The van der Waals surface area contributed by atoms with Crippen molar-refractivity contribution in [3.8, 4) is 0 Å². The molecule has 1 saturated carbocycles. The number of rotatable bonds is 2. The van der Waals surface area contributed by atoms with Crippen molar-refractivity contribution in [3.63, 3.8) is 0 Å². The molecule has 1 aliphatic heterocycles. The van der Waals surface area contributed by atoms with Gasteiger partial charge in [-0.3, -0.25) is 4.79 Å². The van der Waals surface area contributed by atoms with Gasteiger partial charge in [-0.05, 0) is 38.5 Å². The first kappa shape index (κ1) is 10.5. The Morgan fingerprint density at radius 2 is 2.27 bits per heavy atom. The van der Waals surface area contributed by atoms with E-state index in [0.29, 0.717) is 5.92 Å². The highest BCUT2D eigenvalue weighted by molar-refractivity contribution is 5.87. The summed E-state index contributed by atoms with van der Waals surface area (Å²) in [5.74, 6) is 1.51. The normalized spacial score (nSPS) is 36.8. The molecule has 0 amide bonds. The van der Waals surface area contributed by atoms with E-state index in [9.17, 15) is 4.79 Å². The van der Waals surface area contributed by atoms with Gasteiger partial charge in [0.2, 0.25) is 0 Å². The van der Waals surface area contributed by atoms with E-state index in [-0.39, 0.29) is 16.8 Å². The van der Waals surface area contributed by atoms with Crippen LogP contribution in [0.25, 0.3) is 0 Å². The van der Waals surface area contributed by atoms with Crippen LogP contribution in [0.1, 0.15) is 34.1 Å². The van der Waals surface area contributed by atoms with Crippen LogP contribution in [0.2, 0.25) is 0 Å². The van der Waals surface area contributed by atoms with Crippen molar-refractivity contribution >= 4 is 5.78 Å². The van der Waals surface area contributed by atoms with Gasteiger partial charge in [0.1, 0.15) is 5.60 Å². The second-order valence-electron chi connectivity index (χ2n) is 5.31. The minimum atomic E-state index is -0.261. The third-order valence-corrected chi connectivity index (χ3v) is 3.67. The lowest BCUT2D eigenvalue weighted by atomic mass is 9.52. The lowest BCUT2D eigenvalue weighted by Crippen LogP contribution is -2.58. The number of fused-ring (bicyclic) bond motifs is 1. The lowest BCUT2D eigenvalue weighted by molar-refractivity contribution is -0.140. The van der Waals surface area contributed by atoms with Crippen molar-refractivity contribution in [2.24, 2.45) is 11.3 Å². The second kappa shape index (κ2) is 2.97. The zero-order chi connectivity index (χ0) is 11.3. The minimum Gasteiger partial charge on any atom is -0.487 e. The van der Waals surface area contributed by atoms with Crippen LogP contribution in [-0.2, 0) is 9.53 Å². The largest absolute Gasteiger partial charge is 0.487 e. The standard InChI is InChI=1S/C13H18O2/c1-9(14)5-6-13-11(7-10(2)15-13)8-12(13,3)4/h5-7,11H,8H2,1-4H3. The number of carbonyl (C=O) groups is 1. The Bertz CT molecular complexity index is 363. The minimum absolute atomic E-state index is 0.0824. The molecule has 0 saturated heterocycles. The van der Waals surface area contributed by atoms with E-state index in [4.69, 9.17) is 4.74 Å². The predicted octanol–water partition coefficient (Wildman–Crippen LogP) is 2.85. The van der Waals surface area contributed by atoms with Gasteiger partial charge >= 0.3 is 0 Å². The smallest absolute Gasteiger partial charge is 0.152 e. The molecule has 0 radical (unpaired) electrons. The zero-order valence-electron chi connectivity index (χ0n) is 9.83. The lowest BCUT2D eigenvalue weighted by Gasteiger charge is -2.55. The Hall–Kier alpha value is -1.05. The number of hydrogen-bond donors (Lipinski definition) is 0. The fraction of sp³-hybridized carbons (Fsp3) is 0.615. The van der Waals surface area contributed by atoms with Crippen LogP contribution in [0, 0.1) is 11.3 Å². The van der Waals surface area contributed by atoms with Crippen molar-refractivity contribution in [2.75, 3.05) is 0 Å². The van der Waals surface area contributed by atoms with E-state index < -0.39 is 0 Å². The molecule has 2 rings (SSSR count). The molecule has 0 spiro atoms. The van der Waals surface area contributed by atoms with E-state index in [0.717, 1.165) is 12.2 Å². The fourth-order valence-corrected chi connectivity index (χ4v) is 2.84. The average molecular weight is 206 g/mol. The van der Waals surface area contributed by atoms with Crippen LogP contribution >= 0.6 is 0 Å². The van der Waals surface area contributed by atoms with Gasteiger partial charge in [0, 0.05) is 11.3 Å². The summed E-state index contributed by atoms with van der Waals surface area (Å²) in [4.78, 5) is 11.0. The van der Waals surface area contributed by atoms with E-state index in [1.165, 1.54) is 0 Å². The Morgan fingerprint density at radius 1 is 1.60 bits per heavy atom. The van der Waals surface area contributed by atoms with Gasteiger partial charge in [-0.25, -0.2) is 0 Å². The molecule has 82 valence electrons. The Labute approximate surface area is 91.0 Å². The summed E-state index contributed by atoms with van der Waals surface area (Å²) in [7, 11) is 0. The summed E-state index contributed by atoms with van der Waals surface area (Å²) in [5.41, 5.74) is -0.138. The maximum absolute atomic E-state index is 11.0. The Kier molecular flexibility index (Phi) is 2.07. The number of allylic oxidation sites excluding steroid dienone is 2. The summed E-state index contributed by atoms with van der Waals surface area (Å²) >= 11 is 0. The van der Waals surface area contributed by atoms with Gasteiger partial charge in [0.15, 0.2) is 5.78 Å². The highest BCUT2D eigenvalue weighted by Gasteiger charge is 2.62. The molecule has 15 heavy (non-hydrogen) atoms. The molecular formula is C13H18O2. The van der Waals surface area contributed by atoms with Crippen molar-refractivity contribution in [1.82, 2.24) is 0 Å². The van der Waals surface area contributed by atoms with Crippen molar-refractivity contribution in [3.05, 3.63) is 24.0 Å². The second-order valence-corrected chi connectivity index (χ2v) is 5.31. The van der Waals surface area contributed by atoms with E-state index in [2.05, 4.69) is 19.9 Å². The highest BCUT2D eigenvalue weighted by Crippen LogP contribution is 2.61. The van der Waals surface area contributed by atoms with Gasteiger partial charge in [-0.2, -0.15) is 0 Å². The van der Waals surface area contributed by atoms with E-state index in [1.54, 1.807) is 13.0 Å². The van der Waals surface area contributed by atoms with E-state index in [1.807, 2.05) is 13.0 Å². The first-order valence-corrected chi connectivity index (χ1v) is 5.45. The molecule has 2 atom stereocenters. The first-order valence-electron chi connectivity index (χ1n) is 5.45. The number of hydrogen-bond acceptors (Lipinski definition) is 2. The molecule has 0 aromatic rings. The fourth-order valence-electron chi connectivity index (χ4n) is 2.84. The molecule has 1 heterocycles. The average Bonchev–Trinajstić information content (AvgIpc) is 2.36. The molecule has 0 bridgehead atoms. The monoisotopic (exact) mass is 206 g/mol. The predicted molar refractivity (Wildman–Crippen MR) is 59.3 cm³/mol. The maximum Gasteiger partial charge on any atom is 0.152 e. The van der Waals surface area contributed by atoms with Crippen LogP contribution in [0.4, 0.5) is 0 Å².